The number of fused-ring (bicyclic) bond motifs is 1. The number of nitrogens with zero attached hydrogens (tertiary/aromatic N) is 2. The van der Waals surface area contributed by atoms with Crippen molar-refractivity contribution < 1.29 is 0 Å². The molecule has 2 nitrogen and oxygen atoms in total. The molecule has 4 aromatic carbocycles. The summed E-state index contributed by atoms with van der Waals surface area (Å²) in [5, 5.41) is 0.733. The first kappa shape index (κ1) is 23.4. The van der Waals surface area contributed by atoms with Crippen LogP contribution < -0.4 is 4.90 Å². The average molecular weight is 479 g/mol. The highest BCUT2D eigenvalue weighted by molar-refractivity contribution is 6.30. The molecule has 176 valence electrons. The van der Waals surface area contributed by atoms with Gasteiger partial charge in [-0.3, -0.25) is 4.99 Å². The first-order valence-electron chi connectivity index (χ1n) is 12.5. The molecular formula is C32H31ClN2. The molecule has 0 radical (unpaired) electrons. The molecule has 1 aliphatic heterocycles. The highest BCUT2D eigenvalue weighted by Gasteiger charge is 2.39. The monoisotopic (exact) mass is 478 g/mol. The van der Waals surface area contributed by atoms with Gasteiger partial charge in [-0.25, -0.2) is 0 Å². The molecule has 0 aliphatic carbocycles. The zero-order valence-corrected chi connectivity index (χ0v) is 20.9. The predicted octanol–water partition coefficient (Wildman–Crippen LogP) is 9.03. The van der Waals surface area contributed by atoms with E-state index in [1.54, 1.807) is 0 Å². The molecular weight excluding hydrogens is 448 g/mol. The van der Waals surface area contributed by atoms with Gasteiger partial charge >= 0.3 is 0 Å². The minimum Gasteiger partial charge on any atom is -0.359 e. The van der Waals surface area contributed by atoms with Crippen molar-refractivity contribution in [3.05, 3.63) is 131 Å². The van der Waals surface area contributed by atoms with Crippen LogP contribution in [0.2, 0.25) is 5.02 Å². The van der Waals surface area contributed by atoms with Crippen molar-refractivity contribution in [2.75, 3.05) is 4.90 Å². The van der Waals surface area contributed by atoms with Crippen molar-refractivity contribution in [3.63, 3.8) is 0 Å². The Morgan fingerprint density at radius 3 is 2.14 bits per heavy atom. The molecule has 0 unspecified atom stereocenters. The van der Waals surface area contributed by atoms with Gasteiger partial charge in [-0.1, -0.05) is 110 Å². The lowest BCUT2D eigenvalue weighted by molar-refractivity contribution is 0.449. The summed E-state index contributed by atoms with van der Waals surface area (Å²) in [6.07, 6.45) is 3.41. The average Bonchev–Trinajstić information content (AvgIpc) is 2.91. The molecule has 5 rings (SSSR count). The predicted molar refractivity (Wildman–Crippen MR) is 149 cm³/mol. The summed E-state index contributed by atoms with van der Waals surface area (Å²) < 4.78 is 0. The molecule has 0 amide bonds. The number of hydrogen-bond donors (Lipinski definition) is 0. The minimum absolute atomic E-state index is 0.198. The Balaban J connectivity index is 1.71. The number of unbranched alkanes of at least 4 members (excludes halogenated alkanes) is 1. The van der Waals surface area contributed by atoms with Gasteiger partial charge in [0.05, 0.1) is 17.4 Å². The molecule has 4 aromatic rings. The smallest absolute Gasteiger partial charge is 0.0634 e. The Morgan fingerprint density at radius 1 is 0.771 bits per heavy atom. The maximum Gasteiger partial charge on any atom is 0.0634 e. The highest BCUT2D eigenvalue weighted by Crippen LogP contribution is 2.45. The zero-order valence-electron chi connectivity index (χ0n) is 20.1. The van der Waals surface area contributed by atoms with E-state index in [4.69, 9.17) is 16.6 Å². The minimum atomic E-state index is 0.198. The molecule has 0 fully saturated rings. The fraction of sp³-hybridized carbons (Fsp3) is 0.219. The molecule has 1 aliphatic rings. The Kier molecular flexibility index (Phi) is 7.30. The second-order valence-electron chi connectivity index (χ2n) is 9.21. The van der Waals surface area contributed by atoms with Crippen molar-refractivity contribution in [1.29, 1.82) is 0 Å². The second-order valence-corrected chi connectivity index (χ2v) is 9.64. The van der Waals surface area contributed by atoms with Gasteiger partial charge in [0, 0.05) is 28.7 Å². The molecule has 0 saturated carbocycles. The lowest BCUT2D eigenvalue weighted by Crippen LogP contribution is -2.42. The summed E-state index contributed by atoms with van der Waals surface area (Å²) in [6.45, 7) is 3.13. The van der Waals surface area contributed by atoms with Gasteiger partial charge in [-0.15, -0.1) is 0 Å². The molecule has 0 bridgehead atoms. The molecule has 1 heterocycles. The van der Waals surface area contributed by atoms with E-state index in [1.807, 2.05) is 24.3 Å². The number of benzene rings is 4. The first-order chi connectivity index (χ1) is 17.2. The molecule has 35 heavy (non-hydrogen) atoms. The summed E-state index contributed by atoms with van der Waals surface area (Å²) in [5.41, 5.74) is 7.24. The van der Waals surface area contributed by atoms with Gasteiger partial charge in [0.15, 0.2) is 0 Å². The van der Waals surface area contributed by atoms with E-state index in [0.29, 0.717) is 0 Å². The Bertz CT molecular complexity index is 1270. The van der Waals surface area contributed by atoms with Gasteiger partial charge < -0.3 is 4.90 Å². The van der Waals surface area contributed by atoms with Crippen molar-refractivity contribution in [2.24, 2.45) is 10.9 Å². The van der Waals surface area contributed by atoms with Crippen LogP contribution in [0.3, 0.4) is 0 Å². The zero-order chi connectivity index (χ0) is 24.0. The highest BCUT2D eigenvalue weighted by atomic mass is 35.5. The first-order valence-corrected chi connectivity index (χ1v) is 12.9. The summed E-state index contributed by atoms with van der Waals surface area (Å²) in [5.74, 6) is 0.270. The van der Waals surface area contributed by atoms with Crippen LogP contribution >= 0.6 is 11.6 Å². The van der Waals surface area contributed by atoms with Crippen molar-refractivity contribution in [1.82, 2.24) is 0 Å². The third-order valence-corrected chi connectivity index (χ3v) is 7.09. The Labute approximate surface area is 213 Å². The van der Waals surface area contributed by atoms with E-state index >= 15 is 0 Å². The van der Waals surface area contributed by atoms with E-state index < -0.39 is 0 Å². The molecule has 0 aromatic heterocycles. The van der Waals surface area contributed by atoms with Crippen LogP contribution in [0.15, 0.2) is 114 Å². The van der Waals surface area contributed by atoms with Gasteiger partial charge in [-0.2, -0.15) is 0 Å². The number of hydrogen-bond acceptors (Lipinski definition) is 2. The standard InChI is InChI=1S/C32H31ClN2/c1-2-3-16-29-31(34-27-21-19-26(33)20-22-27)28-17-10-11-18-30(28)35(23-24-12-6-4-7-13-24)32(29)25-14-8-5-9-15-25/h4-15,17-22,29,32H,2-3,16,23H2,1H3/t29-,32+/m1/s1. The number of anilines is 1. The summed E-state index contributed by atoms with van der Waals surface area (Å²) in [6, 6.07) is 38.6. The number of aliphatic imine (C=N–C) groups is 1. The van der Waals surface area contributed by atoms with Crippen LogP contribution in [0.4, 0.5) is 11.4 Å². The van der Waals surface area contributed by atoms with Crippen LogP contribution in [0.25, 0.3) is 0 Å². The van der Waals surface area contributed by atoms with Gasteiger partial charge in [0.25, 0.3) is 0 Å². The Morgan fingerprint density at radius 2 is 1.43 bits per heavy atom. The fourth-order valence-corrected chi connectivity index (χ4v) is 5.33. The van der Waals surface area contributed by atoms with Crippen LogP contribution in [0.5, 0.6) is 0 Å². The number of para-hydroxylation sites is 1. The molecule has 0 spiro atoms. The Hall–Kier alpha value is -3.36. The van der Waals surface area contributed by atoms with Crippen molar-refractivity contribution in [2.45, 2.75) is 38.8 Å². The summed E-state index contributed by atoms with van der Waals surface area (Å²) in [4.78, 5) is 7.88. The third-order valence-electron chi connectivity index (χ3n) is 6.84. The van der Waals surface area contributed by atoms with Gasteiger partial charge in [-0.05, 0) is 47.9 Å². The van der Waals surface area contributed by atoms with E-state index in [1.165, 1.54) is 28.1 Å². The van der Waals surface area contributed by atoms with Crippen LogP contribution in [0.1, 0.15) is 48.9 Å². The van der Waals surface area contributed by atoms with E-state index in [9.17, 15) is 0 Å². The van der Waals surface area contributed by atoms with E-state index in [0.717, 1.165) is 36.5 Å². The fourth-order valence-electron chi connectivity index (χ4n) is 5.20. The summed E-state index contributed by atoms with van der Waals surface area (Å²) >= 11 is 6.18. The third kappa shape index (κ3) is 5.18. The SMILES string of the molecule is CCCC[C@@H]1C(=Nc2ccc(Cl)cc2)c2ccccc2N(Cc2ccccc2)[C@H]1c1ccccc1. The van der Waals surface area contributed by atoms with Crippen LogP contribution in [0, 0.1) is 5.92 Å². The molecule has 2 atom stereocenters. The van der Waals surface area contributed by atoms with Crippen molar-refractivity contribution >= 4 is 28.7 Å². The second kappa shape index (κ2) is 10.9. The number of halogens is 1. The van der Waals surface area contributed by atoms with Crippen molar-refractivity contribution in [3.8, 4) is 0 Å². The molecule has 3 heteroatoms. The van der Waals surface area contributed by atoms with E-state index in [-0.39, 0.29) is 12.0 Å². The topological polar surface area (TPSA) is 15.6 Å². The van der Waals surface area contributed by atoms with E-state index in [2.05, 4.69) is 96.8 Å². The quantitative estimate of drug-likeness (QED) is 0.258. The van der Waals surface area contributed by atoms with Gasteiger partial charge in [0.2, 0.25) is 0 Å². The summed E-state index contributed by atoms with van der Waals surface area (Å²) in [7, 11) is 0. The molecule has 0 N–H and O–H groups in total. The molecule has 0 saturated heterocycles. The normalized spacial score (nSPS) is 18.5. The van der Waals surface area contributed by atoms with Crippen LogP contribution in [-0.4, -0.2) is 5.71 Å². The van der Waals surface area contributed by atoms with Gasteiger partial charge in [0.1, 0.15) is 0 Å². The van der Waals surface area contributed by atoms with Crippen LogP contribution in [-0.2, 0) is 6.54 Å². The maximum absolute atomic E-state index is 6.18. The lowest BCUT2D eigenvalue weighted by atomic mass is 9.77. The maximum atomic E-state index is 6.18. The number of rotatable bonds is 7. The lowest BCUT2D eigenvalue weighted by Gasteiger charge is -2.45. The largest absolute Gasteiger partial charge is 0.359 e.